The first-order valence-corrected chi connectivity index (χ1v) is 7.30. The summed E-state index contributed by atoms with van der Waals surface area (Å²) in [4.78, 5) is 12.2. The highest BCUT2D eigenvalue weighted by molar-refractivity contribution is 7.10. The van der Waals surface area contributed by atoms with Gasteiger partial charge < -0.3 is 10.2 Å². The molecule has 1 aliphatic heterocycles. The minimum Gasteiger partial charge on any atom is -0.356 e. The van der Waals surface area contributed by atoms with E-state index in [0.29, 0.717) is 0 Å². The Kier molecular flexibility index (Phi) is 4.42. The highest BCUT2D eigenvalue weighted by Crippen LogP contribution is 2.12. The summed E-state index contributed by atoms with van der Waals surface area (Å²) in [5.74, 6) is 1.65. The molecule has 0 spiro atoms. The number of nitrogens with zero attached hydrogens (tertiary/aromatic N) is 3. The number of thiophene rings is 1. The number of aliphatic imine (C=N–C) groups is 2. The van der Waals surface area contributed by atoms with Crippen molar-refractivity contribution in [1.82, 2.24) is 15.5 Å². The van der Waals surface area contributed by atoms with Crippen molar-refractivity contribution in [2.75, 3.05) is 20.6 Å². The predicted octanol–water partition coefficient (Wildman–Crippen LogP) is 1.41. The molecule has 6 heteroatoms. The van der Waals surface area contributed by atoms with Crippen LogP contribution in [0.15, 0.2) is 21.4 Å². The van der Waals surface area contributed by atoms with Gasteiger partial charge in [-0.2, -0.15) is 0 Å². The maximum absolute atomic E-state index is 4.43. The Morgan fingerprint density at radius 3 is 2.84 bits per heavy atom. The molecule has 1 aromatic rings. The van der Waals surface area contributed by atoms with E-state index in [4.69, 9.17) is 0 Å². The third kappa shape index (κ3) is 3.96. The van der Waals surface area contributed by atoms with Crippen molar-refractivity contribution < 1.29 is 0 Å². The van der Waals surface area contributed by atoms with Gasteiger partial charge in [0.1, 0.15) is 6.17 Å². The molecule has 2 heterocycles. The molecule has 1 aliphatic rings. The third-order valence-electron chi connectivity index (χ3n) is 2.77. The zero-order chi connectivity index (χ0) is 13.8. The van der Waals surface area contributed by atoms with E-state index in [0.717, 1.165) is 24.9 Å². The number of hydrogen-bond acceptors (Lipinski definition) is 6. The first-order chi connectivity index (χ1) is 9.04. The molecule has 1 aromatic heterocycles. The molecule has 0 saturated heterocycles. The lowest BCUT2D eigenvalue weighted by molar-refractivity contribution is 0.578. The van der Waals surface area contributed by atoms with Crippen LogP contribution >= 0.6 is 11.3 Å². The first kappa shape index (κ1) is 13.9. The SMILES string of the molecule is Cc1cc(CCNC2=NC(C)N=C(N(C)C)N2)cs1. The number of nitrogens with one attached hydrogen (secondary N) is 2. The van der Waals surface area contributed by atoms with Gasteiger partial charge in [-0.15, -0.1) is 11.3 Å². The van der Waals surface area contributed by atoms with E-state index in [1.54, 1.807) is 11.3 Å². The van der Waals surface area contributed by atoms with E-state index in [2.05, 4.69) is 39.0 Å². The molecule has 0 amide bonds. The van der Waals surface area contributed by atoms with Crippen molar-refractivity contribution in [2.24, 2.45) is 9.98 Å². The number of guanidine groups is 2. The zero-order valence-corrected chi connectivity index (χ0v) is 12.7. The summed E-state index contributed by atoms with van der Waals surface area (Å²) in [5.41, 5.74) is 1.38. The monoisotopic (exact) mass is 279 g/mol. The molecule has 0 saturated carbocycles. The number of hydrogen-bond donors (Lipinski definition) is 2. The largest absolute Gasteiger partial charge is 0.356 e. The van der Waals surface area contributed by atoms with Crippen molar-refractivity contribution in [1.29, 1.82) is 0 Å². The van der Waals surface area contributed by atoms with Crippen LogP contribution in [0.4, 0.5) is 0 Å². The van der Waals surface area contributed by atoms with Gasteiger partial charge in [-0.05, 0) is 37.3 Å². The Morgan fingerprint density at radius 2 is 2.21 bits per heavy atom. The normalized spacial score (nSPS) is 18.4. The summed E-state index contributed by atoms with van der Waals surface area (Å²) in [6.07, 6.45) is 0.970. The van der Waals surface area contributed by atoms with Gasteiger partial charge in [-0.25, -0.2) is 9.98 Å². The van der Waals surface area contributed by atoms with Crippen LogP contribution in [-0.4, -0.2) is 43.6 Å². The summed E-state index contributed by atoms with van der Waals surface area (Å²) >= 11 is 1.80. The molecule has 5 nitrogen and oxygen atoms in total. The number of aryl methyl sites for hydroxylation is 1. The lowest BCUT2D eigenvalue weighted by Gasteiger charge is -2.24. The highest BCUT2D eigenvalue weighted by Gasteiger charge is 2.14. The minimum absolute atomic E-state index is 0.0375. The maximum atomic E-state index is 4.43. The molecule has 19 heavy (non-hydrogen) atoms. The molecule has 0 bridgehead atoms. The lowest BCUT2D eigenvalue weighted by Crippen LogP contribution is -2.49. The van der Waals surface area contributed by atoms with Crippen LogP contribution in [0.5, 0.6) is 0 Å². The molecule has 0 radical (unpaired) electrons. The fourth-order valence-electron chi connectivity index (χ4n) is 1.83. The van der Waals surface area contributed by atoms with Gasteiger partial charge in [-0.3, -0.25) is 5.32 Å². The van der Waals surface area contributed by atoms with Gasteiger partial charge in [0.05, 0.1) is 0 Å². The van der Waals surface area contributed by atoms with Crippen molar-refractivity contribution >= 4 is 23.3 Å². The Morgan fingerprint density at radius 1 is 1.42 bits per heavy atom. The summed E-state index contributed by atoms with van der Waals surface area (Å²) in [6.45, 7) is 4.99. The second-order valence-corrected chi connectivity index (χ2v) is 5.94. The average Bonchev–Trinajstić information content (AvgIpc) is 2.74. The van der Waals surface area contributed by atoms with Crippen molar-refractivity contribution in [2.45, 2.75) is 26.4 Å². The van der Waals surface area contributed by atoms with E-state index in [9.17, 15) is 0 Å². The molecule has 0 fully saturated rings. The summed E-state index contributed by atoms with van der Waals surface area (Å²) in [5, 5.41) is 8.73. The molecular formula is C13H21N5S. The molecule has 2 N–H and O–H groups in total. The van der Waals surface area contributed by atoms with Crippen molar-refractivity contribution in [3.8, 4) is 0 Å². The van der Waals surface area contributed by atoms with Crippen LogP contribution in [0.2, 0.25) is 0 Å². The molecular weight excluding hydrogens is 258 g/mol. The summed E-state index contributed by atoms with van der Waals surface area (Å²) in [7, 11) is 3.94. The van der Waals surface area contributed by atoms with Gasteiger partial charge in [0.25, 0.3) is 0 Å². The predicted molar refractivity (Wildman–Crippen MR) is 81.9 cm³/mol. The smallest absolute Gasteiger partial charge is 0.202 e. The maximum Gasteiger partial charge on any atom is 0.202 e. The summed E-state index contributed by atoms with van der Waals surface area (Å²) < 4.78 is 0. The Hall–Kier alpha value is -1.56. The van der Waals surface area contributed by atoms with Gasteiger partial charge >= 0.3 is 0 Å². The third-order valence-corrected chi connectivity index (χ3v) is 3.68. The Labute approximate surface area is 118 Å². The molecule has 1 unspecified atom stereocenters. The molecule has 0 aromatic carbocycles. The van der Waals surface area contributed by atoms with E-state index in [1.165, 1.54) is 10.4 Å². The Balaban J connectivity index is 1.83. The fourth-order valence-corrected chi connectivity index (χ4v) is 2.58. The quantitative estimate of drug-likeness (QED) is 0.879. The average molecular weight is 279 g/mol. The van der Waals surface area contributed by atoms with Crippen molar-refractivity contribution in [3.63, 3.8) is 0 Å². The van der Waals surface area contributed by atoms with E-state index < -0.39 is 0 Å². The van der Waals surface area contributed by atoms with Crippen LogP contribution in [0.25, 0.3) is 0 Å². The second-order valence-electron chi connectivity index (χ2n) is 4.82. The fraction of sp³-hybridized carbons (Fsp3) is 0.538. The highest BCUT2D eigenvalue weighted by atomic mass is 32.1. The molecule has 0 aliphatic carbocycles. The van der Waals surface area contributed by atoms with E-state index in [1.807, 2.05) is 25.9 Å². The molecule has 2 rings (SSSR count). The van der Waals surface area contributed by atoms with Gasteiger partial charge in [0, 0.05) is 25.5 Å². The van der Waals surface area contributed by atoms with E-state index >= 15 is 0 Å². The van der Waals surface area contributed by atoms with Crippen LogP contribution in [0.1, 0.15) is 17.4 Å². The van der Waals surface area contributed by atoms with Crippen LogP contribution < -0.4 is 10.6 Å². The van der Waals surface area contributed by atoms with Crippen LogP contribution in [0, 0.1) is 6.92 Å². The first-order valence-electron chi connectivity index (χ1n) is 6.42. The van der Waals surface area contributed by atoms with Gasteiger partial charge in [-0.1, -0.05) is 0 Å². The topological polar surface area (TPSA) is 52.0 Å². The van der Waals surface area contributed by atoms with Gasteiger partial charge in [0.15, 0.2) is 5.96 Å². The zero-order valence-electron chi connectivity index (χ0n) is 11.9. The molecule has 104 valence electrons. The lowest BCUT2D eigenvalue weighted by atomic mass is 10.2. The number of rotatable bonds is 3. The Bertz CT molecular complexity index is 489. The van der Waals surface area contributed by atoms with Crippen LogP contribution in [0.3, 0.4) is 0 Å². The summed E-state index contributed by atoms with van der Waals surface area (Å²) in [6, 6.07) is 2.23. The molecule has 1 atom stereocenters. The van der Waals surface area contributed by atoms with Gasteiger partial charge in [0.2, 0.25) is 5.96 Å². The second kappa shape index (κ2) is 6.06. The van der Waals surface area contributed by atoms with E-state index in [-0.39, 0.29) is 6.17 Å². The van der Waals surface area contributed by atoms with Crippen LogP contribution in [-0.2, 0) is 6.42 Å². The van der Waals surface area contributed by atoms with Crippen molar-refractivity contribution in [3.05, 3.63) is 21.9 Å². The minimum atomic E-state index is -0.0375. The standard InChI is InChI=1S/C13H21N5S/c1-9-7-11(8-19-9)5-6-14-12-15-10(2)16-13(17-12)18(3)4/h7-8,10H,5-6H2,1-4H3,(H2,14,15,16,17).